The minimum Gasteiger partial charge on any atom is -0.496 e. The van der Waals surface area contributed by atoms with E-state index in [4.69, 9.17) is 16.3 Å². The Balaban J connectivity index is 1.33. The molecule has 0 spiro atoms. The summed E-state index contributed by atoms with van der Waals surface area (Å²) >= 11 is 6.23. The van der Waals surface area contributed by atoms with Crippen LogP contribution in [0.25, 0.3) is 34.1 Å². The first-order valence-electron chi connectivity index (χ1n) is 13.2. The van der Waals surface area contributed by atoms with Crippen molar-refractivity contribution in [3.05, 3.63) is 156 Å². The largest absolute Gasteiger partial charge is 0.496 e. The summed E-state index contributed by atoms with van der Waals surface area (Å²) in [5.41, 5.74) is 7.75. The monoisotopic (exact) mass is 537 g/mol. The first kappa shape index (κ1) is 25.5. The molecular weight excluding hydrogens is 510 g/mol. The van der Waals surface area contributed by atoms with Crippen molar-refractivity contribution in [2.75, 3.05) is 12.0 Å². The Morgan fingerprint density at radius 1 is 0.550 bits per heavy atom. The lowest BCUT2D eigenvalue weighted by atomic mass is 10.0. The van der Waals surface area contributed by atoms with Gasteiger partial charge in [-0.3, -0.25) is 0 Å². The summed E-state index contributed by atoms with van der Waals surface area (Å²) in [6, 6.07) is 48.1. The van der Waals surface area contributed by atoms with Crippen molar-refractivity contribution < 1.29 is 4.74 Å². The van der Waals surface area contributed by atoms with Crippen molar-refractivity contribution >= 4 is 51.6 Å². The third kappa shape index (κ3) is 5.36. The molecule has 6 aromatic carbocycles. The number of hydrogen-bond donors (Lipinski definition) is 0. The van der Waals surface area contributed by atoms with Crippen LogP contribution >= 0.6 is 11.6 Å². The molecule has 0 saturated carbocycles. The van der Waals surface area contributed by atoms with Crippen molar-refractivity contribution in [3.8, 4) is 16.9 Å². The van der Waals surface area contributed by atoms with Gasteiger partial charge in [-0.2, -0.15) is 0 Å². The molecule has 2 nitrogen and oxygen atoms in total. The van der Waals surface area contributed by atoms with Gasteiger partial charge in [-0.25, -0.2) is 0 Å². The number of rotatable bonds is 7. The van der Waals surface area contributed by atoms with Crippen LogP contribution in [0.4, 0.5) is 17.1 Å². The Hall–Kier alpha value is -4.79. The fourth-order valence-electron chi connectivity index (χ4n) is 5.01. The Morgan fingerprint density at radius 3 is 1.80 bits per heavy atom. The van der Waals surface area contributed by atoms with Gasteiger partial charge >= 0.3 is 0 Å². The summed E-state index contributed by atoms with van der Waals surface area (Å²) in [5, 5.41) is 3.07. The SMILES string of the molecule is COc1ccc2ccccc2c1/C=C/c1ccc(N(c2ccc(Cl)cc2)c2ccc(-c3ccccc3)cc2)cc1. The first-order valence-corrected chi connectivity index (χ1v) is 13.6. The van der Waals surface area contributed by atoms with Gasteiger partial charge < -0.3 is 9.64 Å². The number of nitrogens with zero attached hydrogens (tertiary/aromatic N) is 1. The molecule has 3 heteroatoms. The molecule has 0 aromatic heterocycles. The highest BCUT2D eigenvalue weighted by molar-refractivity contribution is 6.30. The molecule has 6 rings (SSSR count). The Bertz CT molecular complexity index is 1760. The highest BCUT2D eigenvalue weighted by Gasteiger charge is 2.13. The maximum atomic E-state index is 6.23. The smallest absolute Gasteiger partial charge is 0.126 e. The summed E-state index contributed by atoms with van der Waals surface area (Å²) < 4.78 is 5.67. The van der Waals surface area contributed by atoms with Gasteiger partial charge in [0.2, 0.25) is 0 Å². The van der Waals surface area contributed by atoms with Crippen LogP contribution < -0.4 is 9.64 Å². The lowest BCUT2D eigenvalue weighted by Crippen LogP contribution is -2.09. The summed E-state index contributed by atoms with van der Waals surface area (Å²) in [4.78, 5) is 2.24. The quantitative estimate of drug-likeness (QED) is 0.188. The molecule has 0 aliphatic carbocycles. The third-order valence-electron chi connectivity index (χ3n) is 7.06. The maximum absolute atomic E-state index is 6.23. The Kier molecular flexibility index (Phi) is 7.34. The zero-order valence-electron chi connectivity index (χ0n) is 22.2. The third-order valence-corrected chi connectivity index (χ3v) is 7.31. The Morgan fingerprint density at radius 2 is 1.12 bits per heavy atom. The summed E-state index contributed by atoms with van der Waals surface area (Å²) in [6.45, 7) is 0. The number of halogens is 1. The van der Waals surface area contributed by atoms with Crippen LogP contribution in [-0.2, 0) is 0 Å². The van der Waals surface area contributed by atoms with E-state index in [1.54, 1.807) is 7.11 Å². The molecule has 0 heterocycles. The molecule has 0 N–H and O–H groups in total. The van der Waals surface area contributed by atoms with E-state index >= 15 is 0 Å². The second kappa shape index (κ2) is 11.5. The molecule has 0 saturated heterocycles. The second-order valence-corrected chi connectivity index (χ2v) is 9.99. The van der Waals surface area contributed by atoms with E-state index in [1.807, 2.05) is 36.4 Å². The van der Waals surface area contributed by atoms with Gasteiger partial charge in [0.15, 0.2) is 0 Å². The normalized spacial score (nSPS) is 11.2. The number of benzene rings is 6. The lowest BCUT2D eigenvalue weighted by Gasteiger charge is -2.26. The number of hydrogen-bond acceptors (Lipinski definition) is 2. The van der Waals surface area contributed by atoms with Crippen molar-refractivity contribution in [3.63, 3.8) is 0 Å². The van der Waals surface area contributed by atoms with Crippen molar-refractivity contribution in [1.29, 1.82) is 0 Å². The molecule has 0 fully saturated rings. The predicted molar refractivity (Wildman–Crippen MR) is 171 cm³/mol. The predicted octanol–water partition coefficient (Wildman–Crippen LogP) is 10.8. The van der Waals surface area contributed by atoms with E-state index in [-0.39, 0.29) is 0 Å². The van der Waals surface area contributed by atoms with Gasteiger partial charge in [-0.1, -0.05) is 109 Å². The number of anilines is 3. The maximum Gasteiger partial charge on any atom is 0.126 e. The number of fused-ring (bicyclic) bond motifs is 1. The average Bonchev–Trinajstić information content (AvgIpc) is 3.02. The van der Waals surface area contributed by atoms with E-state index in [2.05, 4.69) is 120 Å². The molecule has 6 aromatic rings. The summed E-state index contributed by atoms with van der Waals surface area (Å²) in [6.07, 6.45) is 4.27. The molecule has 0 radical (unpaired) electrons. The van der Waals surface area contributed by atoms with E-state index in [0.29, 0.717) is 5.02 Å². The summed E-state index contributed by atoms with van der Waals surface area (Å²) in [7, 11) is 1.72. The van der Waals surface area contributed by atoms with Crippen LogP contribution in [0.2, 0.25) is 5.02 Å². The standard InChI is InChI=1S/C37H28ClNO/c1-40-37-26-16-30-9-5-6-10-35(30)36(37)25-13-27-11-19-32(20-12-27)39(34-23-17-31(38)18-24-34)33-21-14-29(15-22-33)28-7-3-2-4-8-28/h2-26H,1H3/b25-13+. The van der Waals surface area contributed by atoms with Gasteiger partial charge in [-0.05, 0) is 82.1 Å². The highest BCUT2D eigenvalue weighted by Crippen LogP contribution is 2.36. The lowest BCUT2D eigenvalue weighted by molar-refractivity contribution is 0.414. The molecule has 194 valence electrons. The molecule has 40 heavy (non-hydrogen) atoms. The van der Waals surface area contributed by atoms with E-state index in [1.165, 1.54) is 21.9 Å². The minimum atomic E-state index is 0.715. The van der Waals surface area contributed by atoms with Crippen LogP contribution in [0, 0.1) is 0 Å². The van der Waals surface area contributed by atoms with Gasteiger partial charge in [0, 0.05) is 27.6 Å². The van der Waals surface area contributed by atoms with Crippen molar-refractivity contribution in [1.82, 2.24) is 0 Å². The zero-order valence-corrected chi connectivity index (χ0v) is 22.9. The molecular formula is C37H28ClNO. The Labute approximate surface area is 240 Å². The van der Waals surface area contributed by atoms with Gasteiger partial charge in [0.25, 0.3) is 0 Å². The number of methoxy groups -OCH3 is 1. The average molecular weight is 538 g/mol. The highest BCUT2D eigenvalue weighted by atomic mass is 35.5. The van der Waals surface area contributed by atoms with Crippen LogP contribution in [0.15, 0.2) is 140 Å². The van der Waals surface area contributed by atoms with Crippen LogP contribution in [-0.4, -0.2) is 7.11 Å². The number of ether oxygens (including phenoxy) is 1. The van der Waals surface area contributed by atoms with E-state index in [0.717, 1.165) is 33.9 Å². The molecule has 0 amide bonds. The molecule has 0 unspecified atom stereocenters. The van der Waals surface area contributed by atoms with Gasteiger partial charge in [0.05, 0.1) is 7.11 Å². The fourth-order valence-corrected chi connectivity index (χ4v) is 5.14. The molecule has 0 aliphatic rings. The van der Waals surface area contributed by atoms with Crippen molar-refractivity contribution in [2.24, 2.45) is 0 Å². The topological polar surface area (TPSA) is 12.5 Å². The van der Waals surface area contributed by atoms with E-state index < -0.39 is 0 Å². The van der Waals surface area contributed by atoms with Crippen LogP contribution in [0.1, 0.15) is 11.1 Å². The molecule has 0 atom stereocenters. The summed E-state index contributed by atoms with van der Waals surface area (Å²) in [5.74, 6) is 0.861. The molecule has 0 bridgehead atoms. The van der Waals surface area contributed by atoms with E-state index in [9.17, 15) is 0 Å². The van der Waals surface area contributed by atoms with Crippen LogP contribution in [0.5, 0.6) is 5.75 Å². The van der Waals surface area contributed by atoms with Gasteiger partial charge in [-0.15, -0.1) is 0 Å². The molecule has 0 aliphatic heterocycles. The fraction of sp³-hybridized carbons (Fsp3) is 0.0270. The van der Waals surface area contributed by atoms with Crippen molar-refractivity contribution in [2.45, 2.75) is 0 Å². The van der Waals surface area contributed by atoms with Gasteiger partial charge in [0.1, 0.15) is 5.75 Å². The van der Waals surface area contributed by atoms with Crippen LogP contribution in [0.3, 0.4) is 0 Å². The second-order valence-electron chi connectivity index (χ2n) is 9.55. The zero-order chi connectivity index (χ0) is 27.3. The minimum absolute atomic E-state index is 0.715. The first-order chi connectivity index (χ1) is 19.7.